The highest BCUT2D eigenvalue weighted by molar-refractivity contribution is 5.71. The van der Waals surface area contributed by atoms with Gasteiger partial charge in [-0.25, -0.2) is 0 Å². The van der Waals surface area contributed by atoms with Crippen molar-refractivity contribution in [3.8, 4) is 0 Å². The van der Waals surface area contributed by atoms with Crippen molar-refractivity contribution in [3.05, 3.63) is 36.2 Å². The molecule has 0 unspecified atom stereocenters. The molecule has 0 aromatic carbocycles. The van der Waals surface area contributed by atoms with Gasteiger partial charge in [-0.05, 0) is 11.6 Å². The van der Waals surface area contributed by atoms with Crippen molar-refractivity contribution in [2.45, 2.75) is 6.42 Å². The molecule has 0 saturated carbocycles. The second kappa shape index (κ2) is 3.67. The number of pyridine rings is 1. The van der Waals surface area contributed by atoms with E-state index in [2.05, 4.69) is 11.6 Å². The van der Waals surface area contributed by atoms with Crippen molar-refractivity contribution < 1.29 is 9.90 Å². The fraction of sp³-hybridized carbons (Fsp3) is 0.111. The molecule has 0 atom stereocenters. The Bertz CT molecular complexity index is 307. The van der Waals surface area contributed by atoms with Crippen molar-refractivity contribution in [2.75, 3.05) is 0 Å². The predicted molar refractivity (Wildman–Crippen MR) is 45.7 cm³/mol. The van der Waals surface area contributed by atoms with E-state index < -0.39 is 5.97 Å². The maximum atomic E-state index is 10.4. The lowest BCUT2D eigenvalue weighted by atomic mass is 10.1. The second-order valence-corrected chi connectivity index (χ2v) is 2.31. The van der Waals surface area contributed by atoms with Gasteiger partial charge >= 0.3 is 5.97 Å². The Kier molecular flexibility index (Phi) is 2.58. The Labute approximate surface area is 70.4 Å². The molecular weight excluding hydrogens is 154 g/mol. The van der Waals surface area contributed by atoms with Crippen LogP contribution in [0.15, 0.2) is 24.9 Å². The Morgan fingerprint density at radius 2 is 2.50 bits per heavy atom. The normalized spacial score (nSPS) is 9.33. The van der Waals surface area contributed by atoms with Gasteiger partial charge in [-0.3, -0.25) is 9.78 Å². The van der Waals surface area contributed by atoms with Crippen molar-refractivity contribution in [1.29, 1.82) is 0 Å². The summed E-state index contributed by atoms with van der Waals surface area (Å²) in [4.78, 5) is 14.3. The minimum absolute atomic E-state index is 0.0534. The summed E-state index contributed by atoms with van der Waals surface area (Å²) in [5, 5.41) is 8.51. The molecule has 1 rings (SSSR count). The molecule has 1 aromatic heterocycles. The second-order valence-electron chi connectivity index (χ2n) is 2.31. The molecule has 0 aliphatic heterocycles. The molecule has 62 valence electrons. The molecule has 0 amide bonds. The summed E-state index contributed by atoms with van der Waals surface area (Å²) >= 11 is 0. The number of aliphatic carboxylic acids is 1. The van der Waals surface area contributed by atoms with E-state index in [0.717, 1.165) is 5.56 Å². The van der Waals surface area contributed by atoms with Gasteiger partial charge in [-0.2, -0.15) is 0 Å². The van der Waals surface area contributed by atoms with Crippen molar-refractivity contribution >= 4 is 12.0 Å². The van der Waals surface area contributed by atoms with Crippen molar-refractivity contribution in [2.24, 2.45) is 0 Å². The third-order valence-corrected chi connectivity index (χ3v) is 1.46. The first-order chi connectivity index (χ1) is 5.74. The van der Waals surface area contributed by atoms with Gasteiger partial charge in [0.05, 0.1) is 12.1 Å². The highest BCUT2D eigenvalue weighted by Crippen LogP contribution is 2.06. The molecule has 1 heterocycles. The standard InChI is InChI=1S/C9H9NO2/c1-2-7-4-3-5-10-8(7)6-9(11)12/h2-5H,1,6H2,(H,11,12). The number of hydrogen-bond donors (Lipinski definition) is 1. The first kappa shape index (κ1) is 8.46. The van der Waals surface area contributed by atoms with E-state index in [4.69, 9.17) is 5.11 Å². The van der Waals surface area contributed by atoms with Gasteiger partial charge in [0.25, 0.3) is 0 Å². The lowest BCUT2D eigenvalue weighted by Crippen LogP contribution is -2.03. The molecule has 0 radical (unpaired) electrons. The summed E-state index contributed by atoms with van der Waals surface area (Å²) < 4.78 is 0. The molecule has 0 aliphatic carbocycles. The van der Waals surface area contributed by atoms with Crippen LogP contribution in [0.4, 0.5) is 0 Å². The average molecular weight is 163 g/mol. The first-order valence-corrected chi connectivity index (χ1v) is 3.52. The molecule has 0 aliphatic rings. The van der Waals surface area contributed by atoms with Crippen molar-refractivity contribution in [3.63, 3.8) is 0 Å². The molecule has 0 fully saturated rings. The molecule has 0 saturated heterocycles. The molecule has 12 heavy (non-hydrogen) atoms. The maximum absolute atomic E-state index is 10.4. The highest BCUT2D eigenvalue weighted by Gasteiger charge is 2.04. The monoisotopic (exact) mass is 163 g/mol. The van der Waals surface area contributed by atoms with Crippen LogP contribution >= 0.6 is 0 Å². The average Bonchev–Trinajstić information content (AvgIpc) is 2.04. The number of nitrogens with zero attached hydrogens (tertiary/aromatic N) is 1. The third kappa shape index (κ3) is 1.92. The smallest absolute Gasteiger partial charge is 0.309 e. The molecule has 0 spiro atoms. The Morgan fingerprint density at radius 3 is 3.08 bits per heavy atom. The van der Waals surface area contributed by atoms with Crippen LogP contribution in [0.25, 0.3) is 6.08 Å². The van der Waals surface area contributed by atoms with Crippen LogP contribution in [0.2, 0.25) is 0 Å². The molecule has 3 nitrogen and oxygen atoms in total. The lowest BCUT2D eigenvalue weighted by molar-refractivity contribution is -0.136. The Morgan fingerprint density at radius 1 is 1.75 bits per heavy atom. The summed E-state index contributed by atoms with van der Waals surface area (Å²) in [6, 6.07) is 3.54. The fourth-order valence-corrected chi connectivity index (χ4v) is 0.927. The summed E-state index contributed by atoms with van der Waals surface area (Å²) in [5.74, 6) is -0.878. The predicted octanol–water partition coefficient (Wildman–Crippen LogP) is 1.35. The summed E-state index contributed by atoms with van der Waals surface area (Å²) in [5.41, 5.74) is 1.33. The molecular formula is C9H9NO2. The van der Waals surface area contributed by atoms with Gasteiger partial charge in [0.2, 0.25) is 0 Å². The highest BCUT2D eigenvalue weighted by atomic mass is 16.4. The molecule has 0 bridgehead atoms. The summed E-state index contributed by atoms with van der Waals surface area (Å²) in [6.07, 6.45) is 3.12. The topological polar surface area (TPSA) is 50.2 Å². The number of carboxylic acid groups (broad SMARTS) is 1. The number of carboxylic acids is 1. The number of aromatic nitrogens is 1. The van der Waals surface area contributed by atoms with Crippen LogP contribution < -0.4 is 0 Å². The van der Waals surface area contributed by atoms with Crippen LogP contribution in [-0.2, 0) is 11.2 Å². The largest absolute Gasteiger partial charge is 0.481 e. The first-order valence-electron chi connectivity index (χ1n) is 3.52. The number of hydrogen-bond acceptors (Lipinski definition) is 2. The van der Waals surface area contributed by atoms with E-state index in [-0.39, 0.29) is 6.42 Å². The van der Waals surface area contributed by atoms with E-state index >= 15 is 0 Å². The van der Waals surface area contributed by atoms with Gasteiger partial charge in [0.15, 0.2) is 0 Å². The minimum Gasteiger partial charge on any atom is -0.481 e. The quantitative estimate of drug-likeness (QED) is 0.731. The zero-order valence-electron chi connectivity index (χ0n) is 6.53. The van der Waals surface area contributed by atoms with Crippen LogP contribution in [0.1, 0.15) is 11.3 Å². The van der Waals surface area contributed by atoms with Gasteiger partial charge < -0.3 is 5.11 Å². The van der Waals surface area contributed by atoms with E-state index in [9.17, 15) is 4.79 Å². The summed E-state index contributed by atoms with van der Waals surface area (Å²) in [7, 11) is 0. The molecule has 1 aromatic rings. The van der Waals surface area contributed by atoms with E-state index in [1.807, 2.05) is 0 Å². The number of rotatable bonds is 3. The van der Waals surface area contributed by atoms with Crippen LogP contribution in [0.5, 0.6) is 0 Å². The summed E-state index contributed by atoms with van der Waals surface area (Å²) in [6.45, 7) is 3.57. The molecule has 3 heteroatoms. The number of carbonyl (C=O) groups is 1. The zero-order valence-corrected chi connectivity index (χ0v) is 6.53. The van der Waals surface area contributed by atoms with Crippen LogP contribution in [0.3, 0.4) is 0 Å². The maximum Gasteiger partial charge on any atom is 0.309 e. The zero-order chi connectivity index (χ0) is 8.97. The van der Waals surface area contributed by atoms with Gasteiger partial charge in [0.1, 0.15) is 0 Å². The van der Waals surface area contributed by atoms with Gasteiger partial charge in [0, 0.05) is 6.20 Å². The Hall–Kier alpha value is -1.64. The van der Waals surface area contributed by atoms with Crippen LogP contribution in [0, 0.1) is 0 Å². The molecule has 1 N–H and O–H groups in total. The SMILES string of the molecule is C=Cc1cccnc1CC(=O)O. The van der Waals surface area contributed by atoms with E-state index in [1.54, 1.807) is 24.4 Å². The van der Waals surface area contributed by atoms with Gasteiger partial charge in [-0.15, -0.1) is 0 Å². The lowest BCUT2D eigenvalue weighted by Gasteiger charge is -1.99. The van der Waals surface area contributed by atoms with E-state index in [0.29, 0.717) is 5.69 Å². The van der Waals surface area contributed by atoms with E-state index in [1.165, 1.54) is 0 Å². The third-order valence-electron chi connectivity index (χ3n) is 1.46. The minimum atomic E-state index is -0.878. The Balaban J connectivity index is 2.96. The fourth-order valence-electron chi connectivity index (χ4n) is 0.927. The van der Waals surface area contributed by atoms with Crippen molar-refractivity contribution in [1.82, 2.24) is 4.98 Å². The van der Waals surface area contributed by atoms with Crippen LogP contribution in [-0.4, -0.2) is 16.1 Å². The van der Waals surface area contributed by atoms with Gasteiger partial charge in [-0.1, -0.05) is 18.7 Å².